The van der Waals surface area contributed by atoms with Crippen LogP contribution in [0.5, 0.6) is 0 Å². The molecule has 1 amide bonds. The molecule has 0 saturated carbocycles. The maximum Gasteiger partial charge on any atom is 0.225 e. The van der Waals surface area contributed by atoms with Gasteiger partial charge in [-0.1, -0.05) is 48.0 Å². The lowest BCUT2D eigenvalue weighted by Gasteiger charge is -2.16. The van der Waals surface area contributed by atoms with Gasteiger partial charge < -0.3 is 10.2 Å². The molecule has 0 radical (unpaired) electrons. The van der Waals surface area contributed by atoms with Crippen LogP contribution in [-0.2, 0) is 11.3 Å². The van der Waals surface area contributed by atoms with Gasteiger partial charge in [0, 0.05) is 25.2 Å². The molecule has 0 fully saturated rings. The van der Waals surface area contributed by atoms with E-state index in [1.807, 2.05) is 37.4 Å². The van der Waals surface area contributed by atoms with Gasteiger partial charge in [0.05, 0.1) is 0 Å². The molecule has 0 aromatic heterocycles. The van der Waals surface area contributed by atoms with E-state index in [0.717, 1.165) is 18.8 Å². The highest BCUT2D eigenvalue weighted by Crippen LogP contribution is 2.08. The Balaban J connectivity index is 1.74. The van der Waals surface area contributed by atoms with Gasteiger partial charge in [0.25, 0.3) is 0 Å². The molecule has 21 heavy (non-hydrogen) atoms. The largest absolute Gasteiger partial charge is 0.326 e. The number of hydrogen-bond acceptors (Lipinski definition) is 2. The molecular formula is C18H22N2O. The van der Waals surface area contributed by atoms with E-state index in [-0.39, 0.29) is 5.91 Å². The molecule has 2 aromatic carbocycles. The van der Waals surface area contributed by atoms with Crippen LogP contribution in [0.3, 0.4) is 0 Å². The van der Waals surface area contributed by atoms with Crippen LogP contribution in [0.25, 0.3) is 0 Å². The first-order chi connectivity index (χ1) is 10.1. The number of nitrogens with one attached hydrogen (secondary N) is 1. The number of benzene rings is 2. The Morgan fingerprint density at radius 1 is 1.05 bits per heavy atom. The molecule has 0 unspecified atom stereocenters. The molecule has 3 nitrogen and oxygen atoms in total. The first kappa shape index (κ1) is 15.3. The molecule has 1 N–H and O–H groups in total. The summed E-state index contributed by atoms with van der Waals surface area (Å²) in [6.07, 6.45) is 0.497. The molecule has 0 aliphatic carbocycles. The topological polar surface area (TPSA) is 32.3 Å². The molecule has 110 valence electrons. The Labute approximate surface area is 126 Å². The van der Waals surface area contributed by atoms with Crippen LogP contribution >= 0.6 is 0 Å². The summed E-state index contributed by atoms with van der Waals surface area (Å²) in [6, 6.07) is 18.1. The van der Waals surface area contributed by atoms with Gasteiger partial charge in [-0.25, -0.2) is 0 Å². The highest BCUT2D eigenvalue weighted by molar-refractivity contribution is 5.90. The predicted molar refractivity (Wildman–Crippen MR) is 87.2 cm³/mol. The van der Waals surface area contributed by atoms with E-state index in [0.29, 0.717) is 6.42 Å². The number of nitrogens with zero attached hydrogens (tertiary/aromatic N) is 1. The number of para-hydroxylation sites is 1. The highest BCUT2D eigenvalue weighted by atomic mass is 16.1. The van der Waals surface area contributed by atoms with E-state index in [9.17, 15) is 4.79 Å². The first-order valence-electron chi connectivity index (χ1n) is 7.22. The third kappa shape index (κ3) is 5.40. The van der Waals surface area contributed by atoms with Gasteiger partial charge in [-0.05, 0) is 31.7 Å². The predicted octanol–water partition coefficient (Wildman–Crippen LogP) is 3.46. The molecule has 0 bridgehead atoms. The summed E-state index contributed by atoms with van der Waals surface area (Å²) in [4.78, 5) is 14.0. The molecular weight excluding hydrogens is 260 g/mol. The van der Waals surface area contributed by atoms with Crippen LogP contribution in [0.2, 0.25) is 0 Å². The zero-order chi connectivity index (χ0) is 15.1. The van der Waals surface area contributed by atoms with Crippen LogP contribution < -0.4 is 5.32 Å². The van der Waals surface area contributed by atoms with Crippen molar-refractivity contribution >= 4 is 11.6 Å². The molecule has 0 heterocycles. The van der Waals surface area contributed by atoms with Crippen LogP contribution in [0.15, 0.2) is 54.6 Å². The molecule has 2 rings (SSSR count). The summed E-state index contributed by atoms with van der Waals surface area (Å²) in [5.74, 6) is 0.0527. The molecule has 0 atom stereocenters. The van der Waals surface area contributed by atoms with Crippen molar-refractivity contribution in [3.8, 4) is 0 Å². The molecule has 2 aromatic rings. The normalized spacial score (nSPS) is 10.6. The minimum atomic E-state index is 0.0527. The molecule has 0 aliphatic heterocycles. The zero-order valence-electron chi connectivity index (χ0n) is 12.7. The zero-order valence-corrected chi connectivity index (χ0v) is 12.7. The van der Waals surface area contributed by atoms with Crippen LogP contribution in [0.4, 0.5) is 5.69 Å². The summed E-state index contributed by atoms with van der Waals surface area (Å²) >= 11 is 0. The average molecular weight is 282 g/mol. The van der Waals surface area contributed by atoms with E-state index in [1.165, 1.54) is 11.1 Å². The quantitative estimate of drug-likeness (QED) is 0.880. The second-order valence-electron chi connectivity index (χ2n) is 5.39. The molecule has 0 spiro atoms. The fourth-order valence-corrected chi connectivity index (χ4v) is 2.12. The van der Waals surface area contributed by atoms with E-state index in [1.54, 1.807) is 0 Å². The number of anilines is 1. The Kier molecular flexibility index (Phi) is 5.52. The fraction of sp³-hybridized carbons (Fsp3) is 0.278. The van der Waals surface area contributed by atoms with E-state index < -0.39 is 0 Å². The third-order valence-electron chi connectivity index (χ3n) is 3.35. The minimum Gasteiger partial charge on any atom is -0.326 e. The lowest BCUT2D eigenvalue weighted by molar-refractivity contribution is -0.116. The van der Waals surface area contributed by atoms with Gasteiger partial charge in [0.2, 0.25) is 5.91 Å². The summed E-state index contributed by atoms with van der Waals surface area (Å²) in [5.41, 5.74) is 3.39. The van der Waals surface area contributed by atoms with Crippen molar-refractivity contribution in [3.63, 3.8) is 0 Å². The SMILES string of the molecule is Cc1ccc(CN(C)CCC(=O)Nc2ccccc2)cc1. The van der Waals surface area contributed by atoms with Crippen molar-refractivity contribution in [2.45, 2.75) is 19.9 Å². The second kappa shape index (κ2) is 7.60. The van der Waals surface area contributed by atoms with E-state index >= 15 is 0 Å². The van der Waals surface area contributed by atoms with Gasteiger partial charge in [-0.3, -0.25) is 4.79 Å². The van der Waals surface area contributed by atoms with Crippen molar-refractivity contribution in [2.24, 2.45) is 0 Å². The van der Waals surface area contributed by atoms with Gasteiger partial charge in [0.1, 0.15) is 0 Å². The molecule has 3 heteroatoms. The van der Waals surface area contributed by atoms with Crippen LogP contribution in [0.1, 0.15) is 17.5 Å². The van der Waals surface area contributed by atoms with Gasteiger partial charge in [-0.2, -0.15) is 0 Å². The van der Waals surface area contributed by atoms with Gasteiger partial charge in [-0.15, -0.1) is 0 Å². The maximum atomic E-state index is 11.9. The summed E-state index contributed by atoms with van der Waals surface area (Å²) in [6.45, 7) is 3.69. The van der Waals surface area contributed by atoms with Crippen LogP contribution in [-0.4, -0.2) is 24.4 Å². The lowest BCUT2D eigenvalue weighted by atomic mass is 10.1. The standard InChI is InChI=1S/C18H22N2O/c1-15-8-10-16(11-9-15)14-20(2)13-12-18(21)19-17-6-4-3-5-7-17/h3-11H,12-14H2,1-2H3,(H,19,21). The Bertz CT molecular complexity index is 564. The van der Waals surface area contributed by atoms with E-state index in [4.69, 9.17) is 0 Å². The number of rotatable bonds is 6. The maximum absolute atomic E-state index is 11.9. The number of carbonyl (C=O) groups is 1. The number of amides is 1. The van der Waals surface area contributed by atoms with Crippen molar-refractivity contribution in [1.29, 1.82) is 0 Å². The van der Waals surface area contributed by atoms with Crippen molar-refractivity contribution in [3.05, 3.63) is 65.7 Å². The summed E-state index contributed by atoms with van der Waals surface area (Å²) < 4.78 is 0. The summed E-state index contributed by atoms with van der Waals surface area (Å²) in [7, 11) is 2.04. The van der Waals surface area contributed by atoms with E-state index in [2.05, 4.69) is 41.4 Å². The summed E-state index contributed by atoms with van der Waals surface area (Å²) in [5, 5.41) is 2.90. The number of hydrogen-bond donors (Lipinski definition) is 1. The smallest absolute Gasteiger partial charge is 0.225 e. The van der Waals surface area contributed by atoms with Gasteiger partial charge in [0.15, 0.2) is 0 Å². The Hall–Kier alpha value is -2.13. The van der Waals surface area contributed by atoms with Crippen molar-refractivity contribution in [1.82, 2.24) is 4.90 Å². The highest BCUT2D eigenvalue weighted by Gasteiger charge is 2.05. The Morgan fingerprint density at radius 3 is 2.38 bits per heavy atom. The molecule has 0 aliphatic rings. The molecule has 0 saturated heterocycles. The fourth-order valence-electron chi connectivity index (χ4n) is 2.12. The third-order valence-corrected chi connectivity index (χ3v) is 3.35. The van der Waals surface area contributed by atoms with Crippen molar-refractivity contribution < 1.29 is 4.79 Å². The minimum absolute atomic E-state index is 0.0527. The number of aryl methyl sites for hydroxylation is 1. The lowest BCUT2D eigenvalue weighted by Crippen LogP contribution is -2.24. The second-order valence-corrected chi connectivity index (χ2v) is 5.39. The van der Waals surface area contributed by atoms with Crippen molar-refractivity contribution in [2.75, 3.05) is 18.9 Å². The average Bonchev–Trinajstić information content (AvgIpc) is 2.49. The number of carbonyl (C=O) groups excluding carboxylic acids is 1. The van der Waals surface area contributed by atoms with Crippen LogP contribution in [0, 0.1) is 6.92 Å². The monoisotopic (exact) mass is 282 g/mol. The van der Waals surface area contributed by atoms with Gasteiger partial charge >= 0.3 is 0 Å². The Morgan fingerprint density at radius 2 is 1.71 bits per heavy atom. The first-order valence-corrected chi connectivity index (χ1v) is 7.22.